The van der Waals surface area contributed by atoms with Gasteiger partial charge in [0.05, 0.1) is 5.56 Å². The lowest BCUT2D eigenvalue weighted by Crippen LogP contribution is -2.67. The summed E-state index contributed by atoms with van der Waals surface area (Å²) in [5, 5.41) is 0. The highest BCUT2D eigenvalue weighted by Crippen LogP contribution is 2.41. The van der Waals surface area contributed by atoms with E-state index in [1.54, 1.807) is 4.90 Å². The second-order valence-corrected chi connectivity index (χ2v) is 8.25. The van der Waals surface area contributed by atoms with Gasteiger partial charge in [-0.1, -0.05) is 12.1 Å². The van der Waals surface area contributed by atoms with Gasteiger partial charge in [-0.3, -0.25) is 14.5 Å². The van der Waals surface area contributed by atoms with Gasteiger partial charge in [-0.2, -0.15) is 13.2 Å². The van der Waals surface area contributed by atoms with Gasteiger partial charge in [0.2, 0.25) is 11.8 Å². The normalized spacial score (nSPS) is 30.8. The number of likely N-dealkylation sites (tertiary alicyclic amines) is 1. The predicted octanol–water partition coefficient (Wildman–Crippen LogP) is 2.39. The van der Waals surface area contributed by atoms with Crippen LogP contribution in [-0.2, 0) is 22.3 Å². The summed E-state index contributed by atoms with van der Waals surface area (Å²) in [4.78, 5) is 28.6. The molecule has 0 radical (unpaired) electrons. The molecule has 2 N–H and O–H groups in total. The molecule has 3 heterocycles. The molecule has 152 valence electrons. The van der Waals surface area contributed by atoms with Crippen molar-refractivity contribution in [3.63, 3.8) is 0 Å². The van der Waals surface area contributed by atoms with Crippen LogP contribution in [0.15, 0.2) is 24.3 Å². The van der Waals surface area contributed by atoms with Crippen molar-refractivity contribution in [1.82, 2.24) is 9.80 Å². The molecule has 2 amide bonds. The molecule has 0 unspecified atom stereocenters. The Kier molecular flexibility index (Phi) is 4.85. The molecule has 0 aliphatic carbocycles. The van der Waals surface area contributed by atoms with Crippen LogP contribution in [-0.4, -0.2) is 46.8 Å². The fraction of sp³-hybridized carbons (Fsp3) is 0.600. The maximum atomic E-state index is 12.8. The monoisotopic (exact) mass is 395 g/mol. The number of benzene rings is 1. The zero-order chi connectivity index (χ0) is 20.1. The van der Waals surface area contributed by atoms with E-state index in [-0.39, 0.29) is 23.8 Å². The van der Waals surface area contributed by atoms with Crippen molar-refractivity contribution in [2.75, 3.05) is 13.1 Å². The first kappa shape index (κ1) is 19.2. The number of amides is 2. The smallest absolute Gasteiger partial charge is 0.368 e. The fourth-order valence-electron chi connectivity index (χ4n) is 5.31. The lowest BCUT2D eigenvalue weighted by Gasteiger charge is -2.55. The molecule has 1 aromatic carbocycles. The van der Waals surface area contributed by atoms with Gasteiger partial charge in [0.1, 0.15) is 6.04 Å². The van der Waals surface area contributed by atoms with Crippen LogP contribution in [0.1, 0.15) is 36.8 Å². The van der Waals surface area contributed by atoms with E-state index in [2.05, 4.69) is 4.90 Å². The third kappa shape index (κ3) is 3.50. The number of fused-ring (bicyclic) bond motifs is 4. The van der Waals surface area contributed by atoms with Crippen LogP contribution in [0.5, 0.6) is 0 Å². The number of rotatable bonds is 3. The fourth-order valence-corrected chi connectivity index (χ4v) is 5.31. The molecule has 28 heavy (non-hydrogen) atoms. The molecular formula is C20H24F3N3O2. The maximum Gasteiger partial charge on any atom is 0.416 e. The van der Waals surface area contributed by atoms with E-state index in [1.165, 1.54) is 12.1 Å². The Morgan fingerprint density at radius 3 is 2.46 bits per heavy atom. The SMILES string of the molecule is NC(=O)[C@H]1[C@@H]2C[C@@H](CN(Cc3ccc(C(F)(F)F)cc3)C2)[C@@H]2CCCC(=O)N21. The molecule has 0 saturated carbocycles. The molecule has 1 aromatic rings. The minimum Gasteiger partial charge on any atom is -0.368 e. The number of nitrogens with zero attached hydrogens (tertiary/aromatic N) is 2. The minimum absolute atomic E-state index is 0.0194. The molecule has 2 bridgehead atoms. The summed E-state index contributed by atoms with van der Waals surface area (Å²) in [5.74, 6) is -0.192. The number of piperidine rings is 3. The predicted molar refractivity (Wildman–Crippen MR) is 95.8 cm³/mol. The van der Waals surface area contributed by atoms with Crippen molar-refractivity contribution in [2.45, 2.75) is 50.5 Å². The molecule has 8 heteroatoms. The summed E-state index contributed by atoms with van der Waals surface area (Å²) in [6.07, 6.45) is -1.31. The molecule has 3 saturated heterocycles. The minimum atomic E-state index is -4.34. The summed E-state index contributed by atoms with van der Waals surface area (Å²) < 4.78 is 38.3. The van der Waals surface area contributed by atoms with Crippen LogP contribution in [0.3, 0.4) is 0 Å². The van der Waals surface area contributed by atoms with Crippen LogP contribution in [0.2, 0.25) is 0 Å². The van der Waals surface area contributed by atoms with Gasteiger partial charge in [-0.25, -0.2) is 0 Å². The van der Waals surface area contributed by atoms with Crippen molar-refractivity contribution in [1.29, 1.82) is 0 Å². The standard InChI is InChI=1S/C20H24F3N3O2/c21-20(22,23)15-6-4-12(5-7-15)9-25-10-13-8-14(11-25)18(19(24)28)26-16(13)2-1-3-17(26)27/h4-7,13-14,16,18H,1-3,8-11H2,(H2,24,28)/t13-,14+,16-,18+/m0/s1. The van der Waals surface area contributed by atoms with E-state index < -0.39 is 23.7 Å². The van der Waals surface area contributed by atoms with Crippen molar-refractivity contribution in [3.05, 3.63) is 35.4 Å². The van der Waals surface area contributed by atoms with E-state index in [0.717, 1.165) is 43.5 Å². The van der Waals surface area contributed by atoms with Crippen molar-refractivity contribution >= 4 is 11.8 Å². The summed E-state index contributed by atoms with van der Waals surface area (Å²) in [5.41, 5.74) is 5.82. The number of alkyl halides is 3. The topological polar surface area (TPSA) is 66.6 Å². The first-order valence-electron chi connectivity index (χ1n) is 9.73. The third-order valence-corrected chi connectivity index (χ3v) is 6.40. The van der Waals surface area contributed by atoms with Gasteiger partial charge in [0, 0.05) is 38.0 Å². The number of halogens is 3. The van der Waals surface area contributed by atoms with E-state index in [4.69, 9.17) is 5.73 Å². The van der Waals surface area contributed by atoms with Gasteiger partial charge in [0.15, 0.2) is 0 Å². The molecule has 5 nitrogen and oxygen atoms in total. The summed E-state index contributed by atoms with van der Waals surface area (Å²) >= 11 is 0. The lowest BCUT2D eigenvalue weighted by molar-refractivity contribution is -0.159. The van der Waals surface area contributed by atoms with E-state index in [1.807, 2.05) is 0 Å². The van der Waals surface area contributed by atoms with Gasteiger partial charge >= 0.3 is 6.18 Å². The Hall–Kier alpha value is -2.09. The Morgan fingerprint density at radius 1 is 1.14 bits per heavy atom. The molecule has 3 aliphatic heterocycles. The zero-order valence-corrected chi connectivity index (χ0v) is 15.5. The molecule has 4 rings (SSSR count). The first-order chi connectivity index (χ1) is 13.2. The highest BCUT2D eigenvalue weighted by molar-refractivity contribution is 5.88. The quantitative estimate of drug-likeness (QED) is 0.855. The largest absolute Gasteiger partial charge is 0.416 e. The highest BCUT2D eigenvalue weighted by atomic mass is 19.4. The van der Waals surface area contributed by atoms with Gasteiger partial charge in [0.25, 0.3) is 0 Å². The maximum absolute atomic E-state index is 12.8. The number of hydrogen-bond donors (Lipinski definition) is 1. The third-order valence-electron chi connectivity index (χ3n) is 6.40. The molecule has 0 spiro atoms. The Labute approximate surface area is 161 Å². The van der Waals surface area contributed by atoms with E-state index in [9.17, 15) is 22.8 Å². The second kappa shape index (κ2) is 7.06. The van der Waals surface area contributed by atoms with Gasteiger partial charge < -0.3 is 10.6 Å². The summed E-state index contributed by atoms with van der Waals surface area (Å²) in [6, 6.07) is 4.68. The molecule has 0 aromatic heterocycles. The van der Waals surface area contributed by atoms with Crippen LogP contribution < -0.4 is 5.73 Å². The number of carbonyl (C=O) groups excluding carboxylic acids is 2. The molecule has 3 aliphatic rings. The first-order valence-corrected chi connectivity index (χ1v) is 9.73. The van der Waals surface area contributed by atoms with E-state index in [0.29, 0.717) is 19.5 Å². The number of carbonyl (C=O) groups is 2. The second-order valence-electron chi connectivity index (χ2n) is 8.25. The van der Waals surface area contributed by atoms with Gasteiger partial charge in [-0.15, -0.1) is 0 Å². The summed E-state index contributed by atoms with van der Waals surface area (Å²) in [7, 11) is 0. The Bertz CT molecular complexity index is 765. The lowest BCUT2D eigenvalue weighted by atomic mass is 9.72. The molecule has 3 fully saturated rings. The van der Waals surface area contributed by atoms with Crippen molar-refractivity contribution < 1.29 is 22.8 Å². The Balaban J connectivity index is 1.52. The number of hydrogen-bond acceptors (Lipinski definition) is 3. The average Bonchev–Trinajstić information content (AvgIpc) is 2.62. The van der Waals surface area contributed by atoms with Crippen LogP contribution in [0, 0.1) is 11.8 Å². The van der Waals surface area contributed by atoms with Gasteiger partial charge in [-0.05, 0) is 42.9 Å². The molecule has 4 atom stereocenters. The average molecular weight is 395 g/mol. The Morgan fingerprint density at radius 2 is 1.82 bits per heavy atom. The van der Waals surface area contributed by atoms with Crippen LogP contribution in [0.25, 0.3) is 0 Å². The van der Waals surface area contributed by atoms with E-state index >= 15 is 0 Å². The zero-order valence-electron chi connectivity index (χ0n) is 15.5. The molecular weight excluding hydrogens is 371 g/mol. The summed E-state index contributed by atoms with van der Waals surface area (Å²) in [6.45, 7) is 1.91. The number of primary amides is 1. The van der Waals surface area contributed by atoms with Crippen LogP contribution >= 0.6 is 0 Å². The van der Waals surface area contributed by atoms with Crippen LogP contribution in [0.4, 0.5) is 13.2 Å². The van der Waals surface area contributed by atoms with Crippen molar-refractivity contribution in [3.8, 4) is 0 Å². The highest BCUT2D eigenvalue weighted by Gasteiger charge is 2.51. The number of nitrogens with two attached hydrogens (primary N) is 1. The van der Waals surface area contributed by atoms with Crippen molar-refractivity contribution in [2.24, 2.45) is 17.6 Å².